The second-order valence-electron chi connectivity index (χ2n) is 15.5. The number of fused-ring (bicyclic) bond motifs is 7. The Morgan fingerprint density at radius 2 is 1.62 bits per heavy atom. The predicted octanol–water partition coefficient (Wildman–Crippen LogP) is 6.78. The van der Waals surface area contributed by atoms with Crippen molar-refractivity contribution in [1.82, 2.24) is 0 Å². The second kappa shape index (κ2) is 8.32. The summed E-state index contributed by atoms with van der Waals surface area (Å²) in [7, 11) is 0. The molecule has 0 aromatic rings. The summed E-state index contributed by atoms with van der Waals surface area (Å²) in [4.78, 5) is 24.7. The van der Waals surface area contributed by atoms with E-state index in [-0.39, 0.29) is 57.6 Å². The summed E-state index contributed by atoms with van der Waals surface area (Å²) in [6.07, 6.45) is 11.4. The lowest BCUT2D eigenvalue weighted by Gasteiger charge is -2.71. The van der Waals surface area contributed by atoms with Crippen molar-refractivity contribution in [3.05, 3.63) is 11.6 Å². The lowest BCUT2D eigenvalue weighted by molar-refractivity contribution is -0.228. The Kier molecular flexibility index (Phi) is 6.12. The van der Waals surface area contributed by atoms with Gasteiger partial charge in [-0.3, -0.25) is 9.59 Å². The fourth-order valence-corrected chi connectivity index (χ4v) is 11.0. The van der Waals surface area contributed by atoms with E-state index in [0.29, 0.717) is 5.92 Å². The van der Waals surface area contributed by atoms with Crippen LogP contribution in [0.4, 0.5) is 0 Å². The van der Waals surface area contributed by atoms with E-state index in [2.05, 4.69) is 47.6 Å². The first-order valence-electron chi connectivity index (χ1n) is 14.8. The first-order valence-corrected chi connectivity index (χ1v) is 14.8. The molecular formula is C32H50O5. The van der Waals surface area contributed by atoms with Gasteiger partial charge in [0.1, 0.15) is 6.10 Å². The number of hydrogen-bond acceptors (Lipinski definition) is 4. The van der Waals surface area contributed by atoms with Gasteiger partial charge in [0.05, 0.1) is 5.41 Å². The maximum absolute atomic E-state index is 12.8. The van der Waals surface area contributed by atoms with Crippen LogP contribution in [0.5, 0.6) is 0 Å². The molecule has 0 aromatic carbocycles. The molecule has 0 amide bonds. The number of carbonyl (C=O) groups is 2. The first kappa shape index (κ1) is 27.2. The largest absolute Gasteiger partial charge is 0.481 e. The van der Waals surface area contributed by atoms with E-state index in [0.717, 1.165) is 64.2 Å². The molecule has 5 heteroatoms. The van der Waals surface area contributed by atoms with E-state index in [4.69, 9.17) is 4.74 Å². The number of aliphatic hydroxyl groups excluding tert-OH is 1. The van der Waals surface area contributed by atoms with Gasteiger partial charge in [-0.2, -0.15) is 0 Å². The zero-order valence-corrected chi connectivity index (χ0v) is 24.3. The first-order chi connectivity index (χ1) is 17.1. The normalized spacial score (nSPS) is 47.8. The zero-order valence-electron chi connectivity index (χ0n) is 24.3. The number of aliphatic hydroxyl groups is 1. The van der Waals surface area contributed by atoms with Crippen LogP contribution >= 0.6 is 0 Å². The van der Waals surface area contributed by atoms with Crippen LogP contribution in [-0.2, 0) is 14.3 Å². The number of esters is 1. The van der Waals surface area contributed by atoms with E-state index >= 15 is 0 Å². The highest BCUT2D eigenvalue weighted by atomic mass is 16.5. The highest BCUT2D eigenvalue weighted by molar-refractivity contribution is 5.76. The van der Waals surface area contributed by atoms with Gasteiger partial charge in [-0.05, 0) is 98.2 Å². The van der Waals surface area contributed by atoms with Crippen LogP contribution in [0.1, 0.15) is 113 Å². The highest BCUT2D eigenvalue weighted by Gasteiger charge is 2.70. The number of carbonyl (C=O) groups excluding carboxylic acids is 1. The molecule has 0 aliphatic heterocycles. The summed E-state index contributed by atoms with van der Waals surface area (Å²) in [6, 6.07) is 0. The van der Waals surface area contributed by atoms with Crippen molar-refractivity contribution in [2.45, 2.75) is 119 Å². The Bertz CT molecular complexity index is 1010. The van der Waals surface area contributed by atoms with Crippen molar-refractivity contribution in [3.8, 4) is 0 Å². The molecule has 5 rings (SSSR count). The third-order valence-electron chi connectivity index (χ3n) is 13.3. The van der Waals surface area contributed by atoms with Crippen LogP contribution in [0.2, 0.25) is 0 Å². The summed E-state index contributed by atoms with van der Waals surface area (Å²) in [5.41, 5.74) is 0.503. The molecule has 4 saturated carbocycles. The molecule has 0 saturated heterocycles. The van der Waals surface area contributed by atoms with Crippen LogP contribution in [0.25, 0.3) is 0 Å². The molecule has 37 heavy (non-hydrogen) atoms. The fourth-order valence-electron chi connectivity index (χ4n) is 11.0. The molecule has 8 atom stereocenters. The molecule has 0 bridgehead atoms. The van der Waals surface area contributed by atoms with Gasteiger partial charge in [-0.1, -0.05) is 53.2 Å². The van der Waals surface area contributed by atoms with Crippen LogP contribution in [-0.4, -0.2) is 34.9 Å². The quantitative estimate of drug-likeness (QED) is 0.320. The minimum Gasteiger partial charge on any atom is -0.481 e. The maximum atomic E-state index is 12.8. The summed E-state index contributed by atoms with van der Waals surface area (Å²) >= 11 is 0. The van der Waals surface area contributed by atoms with Gasteiger partial charge in [-0.25, -0.2) is 0 Å². The minimum atomic E-state index is -0.625. The van der Waals surface area contributed by atoms with E-state index < -0.39 is 11.4 Å². The molecule has 2 N–H and O–H groups in total. The van der Waals surface area contributed by atoms with Gasteiger partial charge < -0.3 is 14.9 Å². The van der Waals surface area contributed by atoms with Gasteiger partial charge >= 0.3 is 11.9 Å². The summed E-state index contributed by atoms with van der Waals surface area (Å²) in [5, 5.41) is 21.7. The van der Waals surface area contributed by atoms with Gasteiger partial charge in [0, 0.05) is 24.4 Å². The Labute approximate surface area is 223 Å². The number of rotatable bonds is 3. The van der Waals surface area contributed by atoms with E-state index in [1.54, 1.807) is 0 Å². The average Bonchev–Trinajstić information content (AvgIpc) is 2.80. The molecule has 0 spiro atoms. The number of carboxylic acid groups (broad SMARTS) is 1. The Morgan fingerprint density at radius 1 is 0.946 bits per heavy atom. The maximum Gasteiger partial charge on any atom is 0.310 e. The number of hydrogen-bond donors (Lipinski definition) is 2. The molecule has 4 fully saturated rings. The zero-order chi connectivity index (χ0) is 27.2. The number of allylic oxidation sites excluding steroid dienone is 2. The van der Waals surface area contributed by atoms with Crippen molar-refractivity contribution in [2.75, 3.05) is 6.61 Å². The molecule has 0 aromatic heterocycles. The van der Waals surface area contributed by atoms with Crippen molar-refractivity contribution in [3.63, 3.8) is 0 Å². The van der Waals surface area contributed by atoms with Crippen LogP contribution in [0, 0.1) is 50.2 Å². The van der Waals surface area contributed by atoms with Crippen molar-refractivity contribution < 1.29 is 24.5 Å². The summed E-state index contributed by atoms with van der Waals surface area (Å²) < 4.78 is 5.84. The Hall–Kier alpha value is -1.36. The van der Waals surface area contributed by atoms with Gasteiger partial charge in [0.15, 0.2) is 0 Å². The smallest absolute Gasteiger partial charge is 0.310 e. The topological polar surface area (TPSA) is 83.8 Å². The highest BCUT2D eigenvalue weighted by Crippen LogP contribution is 2.75. The number of carboxylic acids is 1. The molecule has 5 nitrogen and oxygen atoms in total. The van der Waals surface area contributed by atoms with E-state index in [1.165, 1.54) is 12.5 Å². The standard InChI is InChI=1S/C32H50O5/c1-20(34)37-25-11-13-32(19-33)23(28(25,4)5)10-12-30(7)24(32)9-8-21-22-18-27(2,3)14-16-31(22,26(35)36)17-15-29(21,30)6/h8,22-25,33H,9-19H2,1-7H3,(H,35,36). The van der Waals surface area contributed by atoms with Crippen molar-refractivity contribution >= 4 is 11.9 Å². The fraction of sp³-hybridized carbons (Fsp3) is 0.875. The molecule has 0 heterocycles. The Morgan fingerprint density at radius 3 is 2.24 bits per heavy atom. The minimum absolute atomic E-state index is 0.00686. The molecule has 208 valence electrons. The molecule has 5 aliphatic rings. The van der Waals surface area contributed by atoms with Gasteiger partial charge in [0.2, 0.25) is 0 Å². The SMILES string of the molecule is CC(=O)OC1CCC2(CO)C(CCC3(C)C2CC=C2C4CC(C)(C)CCC4(C(=O)O)CCC23C)C1(C)C. The molecule has 5 aliphatic carbocycles. The predicted molar refractivity (Wildman–Crippen MR) is 144 cm³/mol. The second-order valence-corrected chi connectivity index (χ2v) is 15.5. The molecule has 0 radical (unpaired) electrons. The third kappa shape index (κ3) is 3.50. The molecular weight excluding hydrogens is 464 g/mol. The number of aliphatic carboxylic acids is 1. The summed E-state index contributed by atoms with van der Waals surface area (Å²) in [5.74, 6) is -0.0833. The monoisotopic (exact) mass is 514 g/mol. The lowest BCUT2D eigenvalue weighted by Crippen LogP contribution is -2.66. The summed E-state index contributed by atoms with van der Waals surface area (Å²) in [6.45, 7) is 15.7. The van der Waals surface area contributed by atoms with Crippen molar-refractivity contribution in [2.24, 2.45) is 50.2 Å². The van der Waals surface area contributed by atoms with E-state index in [9.17, 15) is 19.8 Å². The Balaban J connectivity index is 1.58. The van der Waals surface area contributed by atoms with Crippen LogP contribution < -0.4 is 0 Å². The third-order valence-corrected chi connectivity index (χ3v) is 13.3. The average molecular weight is 515 g/mol. The van der Waals surface area contributed by atoms with Crippen LogP contribution in [0.15, 0.2) is 11.6 Å². The van der Waals surface area contributed by atoms with Crippen LogP contribution in [0.3, 0.4) is 0 Å². The lowest BCUT2D eigenvalue weighted by atomic mass is 9.33. The molecule has 8 unspecified atom stereocenters. The van der Waals surface area contributed by atoms with E-state index in [1.807, 2.05) is 0 Å². The van der Waals surface area contributed by atoms with Crippen molar-refractivity contribution in [1.29, 1.82) is 0 Å². The van der Waals surface area contributed by atoms with Gasteiger partial charge in [-0.15, -0.1) is 0 Å². The van der Waals surface area contributed by atoms with Gasteiger partial charge in [0.25, 0.3) is 0 Å². The number of ether oxygens (including phenoxy) is 1.